The van der Waals surface area contributed by atoms with E-state index in [0.29, 0.717) is 17.9 Å². The molecule has 0 bridgehead atoms. The molecule has 20 heavy (non-hydrogen) atoms. The summed E-state index contributed by atoms with van der Waals surface area (Å²) in [6, 6.07) is 5.67. The fraction of sp³-hybridized carbons (Fsp3) is 0.400. The predicted octanol–water partition coefficient (Wildman–Crippen LogP) is 1.84. The van der Waals surface area contributed by atoms with Crippen LogP contribution in [0.25, 0.3) is 0 Å². The molecule has 0 atom stereocenters. The number of rotatable bonds is 6. The average molecular weight is 294 g/mol. The molecule has 0 heterocycles. The second-order valence-corrected chi connectivity index (χ2v) is 4.86. The van der Waals surface area contributed by atoms with Crippen LogP contribution in [0, 0.1) is 11.8 Å². The molecule has 0 saturated carbocycles. The molecule has 0 amide bonds. The summed E-state index contributed by atoms with van der Waals surface area (Å²) in [7, 11) is 2.99. The van der Waals surface area contributed by atoms with Crippen LogP contribution in [-0.4, -0.2) is 37.7 Å². The van der Waals surface area contributed by atoms with Crippen LogP contribution in [0.5, 0.6) is 5.75 Å². The van der Waals surface area contributed by atoms with E-state index in [-0.39, 0.29) is 12.6 Å². The van der Waals surface area contributed by atoms with Crippen LogP contribution < -0.4 is 4.74 Å². The lowest BCUT2D eigenvalue weighted by atomic mass is 10.1. The van der Waals surface area contributed by atoms with E-state index < -0.39 is 0 Å². The van der Waals surface area contributed by atoms with E-state index in [0.717, 1.165) is 16.9 Å². The van der Waals surface area contributed by atoms with E-state index >= 15 is 0 Å². The summed E-state index contributed by atoms with van der Waals surface area (Å²) >= 11 is 1.46. The number of aliphatic hydroxyl groups excluding tert-OH is 1. The van der Waals surface area contributed by atoms with Gasteiger partial charge in [-0.15, -0.1) is 11.8 Å². The molecule has 1 aromatic carbocycles. The molecule has 0 aliphatic carbocycles. The van der Waals surface area contributed by atoms with E-state index in [2.05, 4.69) is 16.6 Å². The van der Waals surface area contributed by atoms with E-state index in [9.17, 15) is 4.79 Å². The average Bonchev–Trinajstić information content (AvgIpc) is 2.47. The molecular weight excluding hydrogens is 276 g/mol. The number of hydrogen-bond donors (Lipinski definition) is 1. The summed E-state index contributed by atoms with van der Waals surface area (Å²) < 4.78 is 9.89. The number of benzene rings is 1. The van der Waals surface area contributed by atoms with Gasteiger partial charge >= 0.3 is 5.97 Å². The molecule has 0 saturated heterocycles. The first kappa shape index (κ1) is 16.4. The summed E-state index contributed by atoms with van der Waals surface area (Å²) in [6.07, 6.45) is 0.457. The van der Waals surface area contributed by atoms with Gasteiger partial charge in [-0.25, -0.2) is 0 Å². The van der Waals surface area contributed by atoms with Gasteiger partial charge in [0.2, 0.25) is 0 Å². The maximum absolute atomic E-state index is 11.1. The molecule has 0 spiro atoms. The minimum atomic E-state index is -0.243. The van der Waals surface area contributed by atoms with Crippen LogP contribution in [0.1, 0.15) is 17.5 Å². The molecule has 1 rings (SSSR count). The van der Waals surface area contributed by atoms with Crippen molar-refractivity contribution in [2.24, 2.45) is 0 Å². The molecule has 1 aromatic rings. The number of carbonyl (C=O) groups is 1. The smallest absolute Gasteiger partial charge is 0.315 e. The highest BCUT2D eigenvalue weighted by Crippen LogP contribution is 2.24. The maximum atomic E-state index is 11.1. The maximum Gasteiger partial charge on any atom is 0.315 e. The minimum absolute atomic E-state index is 0.0605. The standard InChI is InChI=1S/C15H18O4S/c1-18-14-7-6-12(5-3-4-8-16)9-13(14)10-20-11-15(17)19-2/h6-7,9,16H,4,8,10-11H2,1-2H3. The molecule has 0 aliphatic rings. The second kappa shape index (κ2) is 9.29. The number of thioether (sulfide) groups is 1. The first-order valence-corrected chi connectivity index (χ1v) is 7.28. The van der Waals surface area contributed by atoms with E-state index in [4.69, 9.17) is 9.84 Å². The Morgan fingerprint density at radius 1 is 1.40 bits per heavy atom. The van der Waals surface area contributed by atoms with Crippen LogP contribution in [0.2, 0.25) is 0 Å². The monoisotopic (exact) mass is 294 g/mol. The van der Waals surface area contributed by atoms with Gasteiger partial charge in [0.1, 0.15) is 5.75 Å². The van der Waals surface area contributed by atoms with Crippen molar-refractivity contribution in [1.82, 2.24) is 0 Å². The topological polar surface area (TPSA) is 55.8 Å². The van der Waals surface area contributed by atoms with Crippen molar-refractivity contribution < 1.29 is 19.4 Å². The van der Waals surface area contributed by atoms with E-state index in [1.165, 1.54) is 18.9 Å². The first-order valence-electron chi connectivity index (χ1n) is 6.12. The van der Waals surface area contributed by atoms with Crippen LogP contribution in [0.15, 0.2) is 18.2 Å². The summed E-state index contributed by atoms with van der Waals surface area (Å²) in [5.74, 6) is 7.34. The number of methoxy groups -OCH3 is 2. The number of esters is 1. The van der Waals surface area contributed by atoms with Crippen molar-refractivity contribution in [1.29, 1.82) is 0 Å². The molecule has 0 fully saturated rings. The van der Waals surface area contributed by atoms with Crippen molar-refractivity contribution in [3.63, 3.8) is 0 Å². The van der Waals surface area contributed by atoms with E-state index in [1.54, 1.807) is 7.11 Å². The van der Waals surface area contributed by atoms with Gasteiger partial charge in [0.15, 0.2) is 0 Å². The molecular formula is C15H18O4S. The number of hydrogen-bond acceptors (Lipinski definition) is 5. The molecule has 0 aliphatic heterocycles. The molecule has 0 unspecified atom stereocenters. The second-order valence-electron chi connectivity index (χ2n) is 3.87. The third-order valence-corrected chi connectivity index (χ3v) is 3.41. The molecule has 5 heteroatoms. The van der Waals surface area contributed by atoms with Crippen molar-refractivity contribution in [3.05, 3.63) is 29.3 Å². The van der Waals surface area contributed by atoms with Gasteiger partial charge < -0.3 is 14.6 Å². The lowest BCUT2D eigenvalue weighted by Crippen LogP contribution is -2.03. The Morgan fingerprint density at radius 3 is 2.85 bits per heavy atom. The molecule has 1 N–H and O–H groups in total. The summed E-state index contributed by atoms with van der Waals surface area (Å²) in [5, 5.41) is 8.70. The third-order valence-electron chi connectivity index (χ3n) is 2.46. The highest BCUT2D eigenvalue weighted by Gasteiger charge is 2.06. The Morgan fingerprint density at radius 2 is 2.20 bits per heavy atom. The Hall–Kier alpha value is -1.64. The number of carbonyl (C=O) groups excluding carboxylic acids is 1. The van der Waals surface area contributed by atoms with Gasteiger partial charge in [-0.3, -0.25) is 4.79 Å². The summed E-state index contributed by atoms with van der Waals surface area (Å²) in [6.45, 7) is 0.0605. The normalized spacial score (nSPS) is 9.55. The first-order chi connectivity index (χ1) is 9.71. The molecule has 108 valence electrons. The van der Waals surface area contributed by atoms with Gasteiger partial charge in [-0.2, -0.15) is 0 Å². The van der Waals surface area contributed by atoms with Gasteiger partial charge in [-0.1, -0.05) is 11.8 Å². The third kappa shape index (κ3) is 5.55. The van der Waals surface area contributed by atoms with Gasteiger partial charge in [-0.05, 0) is 18.2 Å². The Balaban J connectivity index is 2.73. The van der Waals surface area contributed by atoms with Crippen LogP contribution >= 0.6 is 11.8 Å². The van der Waals surface area contributed by atoms with Crippen LogP contribution in [0.4, 0.5) is 0 Å². The lowest BCUT2D eigenvalue weighted by Gasteiger charge is -2.08. The highest BCUT2D eigenvalue weighted by atomic mass is 32.2. The predicted molar refractivity (Wildman–Crippen MR) is 79.8 cm³/mol. The largest absolute Gasteiger partial charge is 0.496 e. The Labute approximate surface area is 123 Å². The Bertz CT molecular complexity index is 502. The fourth-order valence-electron chi connectivity index (χ4n) is 1.49. The van der Waals surface area contributed by atoms with Gasteiger partial charge in [0.05, 0.1) is 26.6 Å². The number of aliphatic hydroxyl groups is 1. The summed E-state index contributed by atoms with van der Waals surface area (Å²) in [5.41, 5.74) is 1.85. The fourth-order valence-corrected chi connectivity index (χ4v) is 2.32. The van der Waals surface area contributed by atoms with Crippen LogP contribution in [-0.2, 0) is 15.3 Å². The van der Waals surface area contributed by atoms with Crippen molar-refractivity contribution in [2.75, 3.05) is 26.6 Å². The zero-order chi connectivity index (χ0) is 14.8. The summed E-state index contributed by atoms with van der Waals surface area (Å²) in [4.78, 5) is 11.1. The lowest BCUT2D eigenvalue weighted by molar-refractivity contribution is -0.137. The van der Waals surface area contributed by atoms with Crippen LogP contribution in [0.3, 0.4) is 0 Å². The SMILES string of the molecule is COC(=O)CSCc1cc(C#CCCO)ccc1OC. The zero-order valence-corrected chi connectivity index (χ0v) is 12.5. The highest BCUT2D eigenvalue weighted by molar-refractivity contribution is 7.99. The van der Waals surface area contributed by atoms with E-state index in [1.807, 2.05) is 18.2 Å². The number of ether oxygens (including phenoxy) is 2. The zero-order valence-electron chi connectivity index (χ0n) is 11.6. The molecule has 0 aromatic heterocycles. The molecule has 0 radical (unpaired) electrons. The molecule has 4 nitrogen and oxygen atoms in total. The Kier molecular flexibility index (Phi) is 7.63. The van der Waals surface area contributed by atoms with Crippen molar-refractivity contribution in [3.8, 4) is 17.6 Å². The van der Waals surface area contributed by atoms with Crippen molar-refractivity contribution in [2.45, 2.75) is 12.2 Å². The van der Waals surface area contributed by atoms with Gasteiger partial charge in [0.25, 0.3) is 0 Å². The van der Waals surface area contributed by atoms with Gasteiger partial charge in [0, 0.05) is 23.3 Å². The quantitative estimate of drug-likeness (QED) is 0.641. The van der Waals surface area contributed by atoms with Crippen molar-refractivity contribution >= 4 is 17.7 Å². The minimum Gasteiger partial charge on any atom is -0.496 e.